The Hall–Kier alpha value is -0.750. The molecule has 11 heteroatoms. The summed E-state index contributed by atoms with van der Waals surface area (Å²) >= 11 is 3.09. The third-order valence-electron chi connectivity index (χ3n) is 2.17. The molecule has 0 bridgehead atoms. The maximum atomic E-state index is 12.0. The predicted molar refractivity (Wildman–Crippen MR) is 79.0 cm³/mol. The summed E-state index contributed by atoms with van der Waals surface area (Å²) in [5, 5.41) is 0. The molecule has 20 heavy (non-hydrogen) atoms. The number of nitrogens with two attached hydrogens (primary N) is 1. The summed E-state index contributed by atoms with van der Waals surface area (Å²) in [4.78, 5) is 3.51. The van der Waals surface area contributed by atoms with E-state index in [2.05, 4.69) is 30.4 Å². The fraction of sp³-hybridized carbons (Fsp3) is 0.444. The molecule has 0 saturated carbocycles. The van der Waals surface area contributed by atoms with Gasteiger partial charge in [0.05, 0.1) is 5.75 Å². The zero-order chi connectivity index (χ0) is 15.4. The van der Waals surface area contributed by atoms with Gasteiger partial charge in [0.1, 0.15) is 10.7 Å². The van der Waals surface area contributed by atoms with Gasteiger partial charge in [-0.1, -0.05) is 6.92 Å². The fourth-order valence-corrected chi connectivity index (χ4v) is 4.03. The van der Waals surface area contributed by atoms with E-state index in [-0.39, 0.29) is 29.6 Å². The van der Waals surface area contributed by atoms with Crippen molar-refractivity contribution in [2.24, 2.45) is 0 Å². The first-order valence-corrected chi connectivity index (χ1v) is 9.49. The quantitative estimate of drug-likeness (QED) is 0.586. The first-order chi connectivity index (χ1) is 9.18. The van der Waals surface area contributed by atoms with E-state index in [1.165, 1.54) is 12.3 Å². The van der Waals surface area contributed by atoms with Crippen molar-refractivity contribution in [1.29, 1.82) is 0 Å². The second-order valence-electron chi connectivity index (χ2n) is 3.75. The van der Waals surface area contributed by atoms with Crippen LogP contribution in [0.5, 0.6) is 0 Å². The maximum Gasteiger partial charge on any atom is 0.244 e. The van der Waals surface area contributed by atoms with Gasteiger partial charge < -0.3 is 5.73 Å². The highest BCUT2D eigenvalue weighted by molar-refractivity contribution is 9.10. The van der Waals surface area contributed by atoms with E-state index in [0.717, 1.165) is 0 Å². The van der Waals surface area contributed by atoms with Crippen molar-refractivity contribution in [1.82, 2.24) is 14.4 Å². The summed E-state index contributed by atoms with van der Waals surface area (Å²) in [7, 11) is -7.40. The van der Waals surface area contributed by atoms with Crippen LogP contribution in [-0.2, 0) is 20.0 Å². The van der Waals surface area contributed by atoms with Gasteiger partial charge in [0.15, 0.2) is 0 Å². The number of nitrogens with one attached hydrogen (secondary N) is 2. The van der Waals surface area contributed by atoms with Gasteiger partial charge in [0, 0.05) is 23.8 Å². The van der Waals surface area contributed by atoms with Crippen LogP contribution >= 0.6 is 15.9 Å². The summed E-state index contributed by atoms with van der Waals surface area (Å²) in [6.45, 7) is 1.62. The highest BCUT2D eigenvalue weighted by atomic mass is 79.9. The molecule has 0 saturated heterocycles. The summed E-state index contributed by atoms with van der Waals surface area (Å²) in [6.07, 6.45) is 1.37. The average Bonchev–Trinajstić information content (AvgIpc) is 2.31. The van der Waals surface area contributed by atoms with Gasteiger partial charge in [-0.15, -0.1) is 0 Å². The van der Waals surface area contributed by atoms with Crippen LogP contribution in [0.1, 0.15) is 6.92 Å². The minimum Gasteiger partial charge on any atom is -0.383 e. The van der Waals surface area contributed by atoms with E-state index in [9.17, 15) is 16.8 Å². The van der Waals surface area contributed by atoms with E-state index in [1.54, 1.807) is 6.92 Å². The van der Waals surface area contributed by atoms with Crippen LogP contribution in [0.3, 0.4) is 0 Å². The molecule has 0 radical (unpaired) electrons. The van der Waals surface area contributed by atoms with Gasteiger partial charge in [-0.3, -0.25) is 0 Å². The van der Waals surface area contributed by atoms with Crippen LogP contribution < -0.4 is 15.2 Å². The molecule has 0 spiro atoms. The van der Waals surface area contributed by atoms with Gasteiger partial charge in [0.2, 0.25) is 20.0 Å². The van der Waals surface area contributed by atoms with Crippen LogP contribution in [0.25, 0.3) is 0 Å². The molecule has 0 fully saturated rings. The number of halogens is 1. The number of rotatable bonds is 7. The normalized spacial score (nSPS) is 12.5. The predicted octanol–water partition coefficient (Wildman–Crippen LogP) is -0.356. The number of sulfonamides is 2. The van der Waals surface area contributed by atoms with Crippen LogP contribution in [0.15, 0.2) is 21.6 Å². The lowest BCUT2D eigenvalue weighted by molar-refractivity contribution is 0.576. The van der Waals surface area contributed by atoms with Crippen molar-refractivity contribution < 1.29 is 16.8 Å². The van der Waals surface area contributed by atoms with E-state index in [4.69, 9.17) is 5.73 Å². The number of nitrogens with zero attached hydrogens (tertiary/aromatic N) is 1. The Labute approximate surface area is 126 Å². The second kappa shape index (κ2) is 6.80. The molecule has 8 nitrogen and oxygen atoms in total. The van der Waals surface area contributed by atoms with Crippen LogP contribution in [0.2, 0.25) is 0 Å². The second-order valence-corrected chi connectivity index (χ2v) is 8.33. The summed E-state index contributed by atoms with van der Waals surface area (Å²) in [6, 6.07) is 1.30. The SMILES string of the molecule is CCNS(=O)(=O)CCNS(=O)(=O)c1cc(Br)cnc1N. The minimum atomic E-state index is -3.91. The van der Waals surface area contributed by atoms with Crippen LogP contribution in [0, 0.1) is 0 Å². The smallest absolute Gasteiger partial charge is 0.244 e. The van der Waals surface area contributed by atoms with Crippen molar-refractivity contribution in [3.8, 4) is 0 Å². The molecule has 4 N–H and O–H groups in total. The lowest BCUT2D eigenvalue weighted by Gasteiger charge is -2.09. The zero-order valence-corrected chi connectivity index (χ0v) is 13.8. The largest absolute Gasteiger partial charge is 0.383 e. The van der Waals surface area contributed by atoms with E-state index >= 15 is 0 Å². The van der Waals surface area contributed by atoms with Crippen LogP contribution in [-0.4, -0.2) is 40.7 Å². The molecule has 0 aromatic carbocycles. The molecule has 114 valence electrons. The topological polar surface area (TPSA) is 131 Å². The number of anilines is 1. The average molecular weight is 387 g/mol. The first-order valence-electron chi connectivity index (χ1n) is 5.56. The lowest BCUT2D eigenvalue weighted by Crippen LogP contribution is -2.34. The molecule has 1 aromatic rings. The van der Waals surface area contributed by atoms with Crippen molar-refractivity contribution in [2.45, 2.75) is 11.8 Å². The van der Waals surface area contributed by atoms with Gasteiger partial charge >= 0.3 is 0 Å². The molecular weight excluding hydrogens is 372 g/mol. The third-order valence-corrected chi connectivity index (χ3v) is 5.56. The molecule has 0 unspecified atom stereocenters. The van der Waals surface area contributed by atoms with E-state index in [0.29, 0.717) is 4.47 Å². The standard InChI is InChI=1S/C9H15BrN4O4S2/c1-2-13-19(15,16)4-3-14-20(17,18)8-5-7(10)6-12-9(8)11/h5-6,13-14H,2-4H2,1H3,(H2,11,12). The molecule has 0 aliphatic heterocycles. The number of nitrogen functional groups attached to an aromatic ring is 1. The molecule has 1 heterocycles. The van der Waals surface area contributed by atoms with Crippen molar-refractivity contribution >= 4 is 41.8 Å². The molecule has 1 rings (SSSR count). The Balaban J connectivity index is 2.79. The van der Waals surface area contributed by atoms with E-state index in [1.807, 2.05) is 0 Å². The van der Waals surface area contributed by atoms with Gasteiger partial charge in [0.25, 0.3) is 0 Å². The summed E-state index contributed by atoms with van der Waals surface area (Å²) in [5.41, 5.74) is 5.50. The number of pyridine rings is 1. The van der Waals surface area contributed by atoms with Crippen molar-refractivity contribution in [3.05, 3.63) is 16.7 Å². The zero-order valence-electron chi connectivity index (χ0n) is 10.6. The van der Waals surface area contributed by atoms with Gasteiger partial charge in [-0.2, -0.15) is 0 Å². The first kappa shape index (κ1) is 17.3. The Morgan fingerprint density at radius 3 is 2.55 bits per heavy atom. The molecule has 0 amide bonds. The van der Waals surface area contributed by atoms with Gasteiger partial charge in [-0.05, 0) is 22.0 Å². The summed E-state index contributed by atoms with van der Waals surface area (Å²) in [5.74, 6) is -0.517. The maximum absolute atomic E-state index is 12.0. The van der Waals surface area contributed by atoms with Crippen LogP contribution in [0.4, 0.5) is 5.82 Å². The molecule has 0 atom stereocenters. The lowest BCUT2D eigenvalue weighted by atomic mass is 10.5. The Morgan fingerprint density at radius 1 is 1.30 bits per heavy atom. The molecule has 1 aromatic heterocycles. The number of hydrogen-bond donors (Lipinski definition) is 3. The van der Waals surface area contributed by atoms with Crippen molar-refractivity contribution in [3.63, 3.8) is 0 Å². The monoisotopic (exact) mass is 386 g/mol. The molecular formula is C9H15BrN4O4S2. The Morgan fingerprint density at radius 2 is 1.95 bits per heavy atom. The third kappa shape index (κ3) is 4.98. The highest BCUT2D eigenvalue weighted by Crippen LogP contribution is 2.20. The summed E-state index contributed by atoms with van der Waals surface area (Å²) < 4.78 is 51.6. The Bertz CT molecular complexity index is 675. The Kier molecular flexibility index (Phi) is 5.89. The highest BCUT2D eigenvalue weighted by Gasteiger charge is 2.19. The molecule has 0 aliphatic carbocycles. The number of hydrogen-bond acceptors (Lipinski definition) is 6. The fourth-order valence-electron chi connectivity index (χ4n) is 1.33. The van der Waals surface area contributed by atoms with Gasteiger partial charge in [-0.25, -0.2) is 31.3 Å². The van der Waals surface area contributed by atoms with Crippen molar-refractivity contribution in [2.75, 3.05) is 24.6 Å². The molecule has 0 aliphatic rings. The van der Waals surface area contributed by atoms with E-state index < -0.39 is 20.0 Å². The number of aromatic nitrogens is 1. The minimum absolute atomic E-state index is 0.157.